The Hall–Kier alpha value is -2.30. The molecule has 1 rings (SSSR count). The maximum Gasteiger partial charge on any atom is 0.303 e. The van der Waals surface area contributed by atoms with Crippen LogP contribution in [0.5, 0.6) is 11.5 Å². The van der Waals surface area contributed by atoms with Crippen LogP contribution in [0.1, 0.15) is 42.6 Å². The highest BCUT2D eigenvalue weighted by molar-refractivity contribution is 5.97. The molecular weight excluding hydrogens is 272 g/mol. The molecule has 0 atom stereocenters. The van der Waals surface area contributed by atoms with Gasteiger partial charge in [-0.25, -0.2) is 0 Å². The van der Waals surface area contributed by atoms with Gasteiger partial charge in [0.2, 0.25) is 0 Å². The normalized spacial score (nSPS) is 11.3. The van der Waals surface area contributed by atoms with Crippen molar-refractivity contribution < 1.29 is 24.5 Å². The molecular formula is C16H20O5. The molecule has 0 amide bonds. The van der Waals surface area contributed by atoms with Crippen molar-refractivity contribution in [2.24, 2.45) is 0 Å². The zero-order valence-corrected chi connectivity index (χ0v) is 12.5. The molecule has 0 aliphatic heterocycles. The number of carboxylic acids is 1. The molecule has 0 bridgehead atoms. The third-order valence-corrected chi connectivity index (χ3v) is 3.23. The average Bonchev–Trinajstić information content (AvgIpc) is 2.42. The minimum atomic E-state index is -0.846. The Morgan fingerprint density at radius 1 is 1.24 bits per heavy atom. The Morgan fingerprint density at radius 3 is 2.43 bits per heavy atom. The van der Waals surface area contributed by atoms with Crippen molar-refractivity contribution in [3.8, 4) is 11.5 Å². The summed E-state index contributed by atoms with van der Waals surface area (Å²) in [5.74, 6) is -0.645. The molecule has 0 radical (unpaired) electrons. The largest absolute Gasteiger partial charge is 0.507 e. The van der Waals surface area contributed by atoms with Crippen LogP contribution in [0.4, 0.5) is 0 Å². The predicted molar refractivity (Wildman–Crippen MR) is 79.0 cm³/mol. The van der Waals surface area contributed by atoms with Crippen LogP contribution in [-0.2, 0) is 11.2 Å². The van der Waals surface area contributed by atoms with Crippen LogP contribution in [0.25, 0.3) is 0 Å². The number of phenols is 1. The highest BCUT2D eigenvalue weighted by Gasteiger charge is 2.15. The number of allylic oxidation sites excluding steroid dienone is 2. The topological polar surface area (TPSA) is 83.8 Å². The molecule has 0 fully saturated rings. The van der Waals surface area contributed by atoms with Gasteiger partial charge in [-0.05, 0) is 38.8 Å². The molecule has 5 heteroatoms. The SMILES string of the molecule is COc1ccc(C(C)=O)c(O)c1C/C=C(\C)CCC(=O)O. The van der Waals surface area contributed by atoms with Gasteiger partial charge in [0.15, 0.2) is 5.78 Å². The molecule has 0 spiro atoms. The second-order valence-electron chi connectivity index (χ2n) is 4.85. The molecule has 0 saturated carbocycles. The maximum atomic E-state index is 11.5. The van der Waals surface area contributed by atoms with E-state index in [4.69, 9.17) is 9.84 Å². The van der Waals surface area contributed by atoms with Crippen molar-refractivity contribution in [1.29, 1.82) is 0 Å². The predicted octanol–water partition coefficient (Wildman–Crippen LogP) is 2.96. The summed E-state index contributed by atoms with van der Waals surface area (Å²) in [6.45, 7) is 3.22. The van der Waals surface area contributed by atoms with Crippen molar-refractivity contribution >= 4 is 11.8 Å². The number of rotatable bonds is 7. The van der Waals surface area contributed by atoms with Gasteiger partial charge in [-0.2, -0.15) is 0 Å². The Balaban J connectivity index is 3.00. The first-order chi connectivity index (χ1) is 9.86. The highest BCUT2D eigenvalue weighted by Crippen LogP contribution is 2.32. The van der Waals surface area contributed by atoms with E-state index in [0.29, 0.717) is 24.2 Å². The first kappa shape index (κ1) is 16.8. The molecule has 0 saturated heterocycles. The monoisotopic (exact) mass is 292 g/mol. The van der Waals surface area contributed by atoms with Crippen LogP contribution in [0.3, 0.4) is 0 Å². The molecule has 0 heterocycles. The summed E-state index contributed by atoms with van der Waals surface area (Å²) >= 11 is 0. The van der Waals surface area contributed by atoms with Crippen LogP contribution in [-0.4, -0.2) is 29.1 Å². The second kappa shape index (κ2) is 7.47. The molecule has 114 valence electrons. The number of hydrogen-bond acceptors (Lipinski definition) is 4. The highest BCUT2D eigenvalue weighted by atomic mass is 16.5. The number of hydrogen-bond donors (Lipinski definition) is 2. The van der Waals surface area contributed by atoms with Crippen molar-refractivity contribution in [2.45, 2.75) is 33.1 Å². The van der Waals surface area contributed by atoms with Gasteiger partial charge in [-0.3, -0.25) is 9.59 Å². The van der Waals surface area contributed by atoms with E-state index in [2.05, 4.69) is 0 Å². The molecule has 0 aliphatic rings. The lowest BCUT2D eigenvalue weighted by atomic mass is 10.0. The molecule has 1 aromatic rings. The van der Waals surface area contributed by atoms with Gasteiger partial charge in [0.25, 0.3) is 0 Å². The Bertz CT molecular complexity index is 572. The van der Waals surface area contributed by atoms with Crippen LogP contribution in [0, 0.1) is 0 Å². The number of carbonyl (C=O) groups is 2. The van der Waals surface area contributed by atoms with Crippen molar-refractivity contribution in [3.05, 3.63) is 34.9 Å². The number of methoxy groups -OCH3 is 1. The average molecular weight is 292 g/mol. The van der Waals surface area contributed by atoms with Crippen molar-refractivity contribution in [1.82, 2.24) is 0 Å². The fourth-order valence-electron chi connectivity index (χ4n) is 1.97. The second-order valence-corrected chi connectivity index (χ2v) is 4.85. The van der Waals surface area contributed by atoms with E-state index in [0.717, 1.165) is 5.57 Å². The maximum absolute atomic E-state index is 11.5. The first-order valence-electron chi connectivity index (χ1n) is 6.64. The number of carboxylic acid groups (broad SMARTS) is 1. The molecule has 2 N–H and O–H groups in total. The van der Waals surface area contributed by atoms with E-state index in [1.54, 1.807) is 6.07 Å². The van der Waals surface area contributed by atoms with E-state index in [9.17, 15) is 14.7 Å². The lowest BCUT2D eigenvalue weighted by molar-refractivity contribution is -0.136. The molecule has 0 aromatic heterocycles. The van der Waals surface area contributed by atoms with Crippen molar-refractivity contribution in [3.63, 3.8) is 0 Å². The first-order valence-corrected chi connectivity index (χ1v) is 6.64. The number of carbonyl (C=O) groups excluding carboxylic acids is 1. The summed E-state index contributed by atoms with van der Waals surface area (Å²) in [6, 6.07) is 3.17. The number of aromatic hydroxyl groups is 1. The van der Waals surface area contributed by atoms with E-state index >= 15 is 0 Å². The third-order valence-electron chi connectivity index (χ3n) is 3.23. The lowest BCUT2D eigenvalue weighted by Crippen LogP contribution is -1.99. The molecule has 0 aliphatic carbocycles. The number of phenolic OH excluding ortho intramolecular Hbond substituents is 1. The van der Waals surface area contributed by atoms with Crippen LogP contribution in [0.2, 0.25) is 0 Å². The van der Waals surface area contributed by atoms with Crippen LogP contribution >= 0.6 is 0 Å². The van der Waals surface area contributed by atoms with Gasteiger partial charge in [0.1, 0.15) is 11.5 Å². The van der Waals surface area contributed by atoms with Gasteiger partial charge in [0, 0.05) is 12.0 Å². The zero-order valence-electron chi connectivity index (χ0n) is 12.5. The quantitative estimate of drug-likeness (QED) is 0.596. The van der Waals surface area contributed by atoms with Gasteiger partial charge in [0.05, 0.1) is 12.7 Å². The molecule has 1 aromatic carbocycles. The third kappa shape index (κ3) is 4.63. The summed E-state index contributed by atoms with van der Waals surface area (Å²) in [5, 5.41) is 18.8. The minimum absolute atomic E-state index is 0.0684. The molecule has 5 nitrogen and oxygen atoms in total. The van der Waals surface area contributed by atoms with E-state index in [-0.39, 0.29) is 23.5 Å². The molecule has 21 heavy (non-hydrogen) atoms. The minimum Gasteiger partial charge on any atom is -0.507 e. The van der Waals surface area contributed by atoms with E-state index in [1.165, 1.54) is 20.1 Å². The van der Waals surface area contributed by atoms with Crippen LogP contribution < -0.4 is 4.74 Å². The summed E-state index contributed by atoms with van der Waals surface area (Å²) in [4.78, 5) is 22.0. The number of Topliss-reactive ketones (excluding diaryl/α,β-unsaturated/α-hetero) is 1. The fraction of sp³-hybridized carbons (Fsp3) is 0.375. The van der Waals surface area contributed by atoms with Gasteiger partial charge < -0.3 is 14.9 Å². The summed E-state index contributed by atoms with van der Waals surface area (Å²) in [6.07, 6.45) is 2.73. The van der Waals surface area contributed by atoms with Crippen molar-refractivity contribution in [2.75, 3.05) is 7.11 Å². The van der Waals surface area contributed by atoms with E-state index in [1.807, 2.05) is 13.0 Å². The number of benzene rings is 1. The zero-order chi connectivity index (χ0) is 16.0. The van der Waals surface area contributed by atoms with Gasteiger partial charge in [-0.1, -0.05) is 11.6 Å². The summed E-state index contributed by atoms with van der Waals surface area (Å²) in [7, 11) is 1.49. The smallest absolute Gasteiger partial charge is 0.303 e. The fourth-order valence-corrected chi connectivity index (χ4v) is 1.97. The number of ether oxygens (including phenoxy) is 1. The van der Waals surface area contributed by atoms with E-state index < -0.39 is 5.97 Å². The van der Waals surface area contributed by atoms with Crippen LogP contribution in [0.15, 0.2) is 23.8 Å². The number of aliphatic carboxylic acids is 1. The lowest BCUT2D eigenvalue weighted by Gasteiger charge is -2.12. The molecule has 0 unspecified atom stereocenters. The Labute approximate surface area is 123 Å². The summed E-state index contributed by atoms with van der Waals surface area (Å²) in [5.41, 5.74) is 1.69. The summed E-state index contributed by atoms with van der Waals surface area (Å²) < 4.78 is 5.20. The standard InChI is InChI=1S/C16H20O5/c1-10(5-9-15(18)19)4-6-13-14(21-3)8-7-12(11(2)17)16(13)20/h4,7-8,20H,5-6,9H2,1-3H3,(H,18,19)/b10-4+. The Kier molecular flexibility index (Phi) is 5.96. The number of ketones is 1. The van der Waals surface area contributed by atoms with Gasteiger partial charge in [-0.15, -0.1) is 0 Å². The Morgan fingerprint density at radius 2 is 1.90 bits per heavy atom. The van der Waals surface area contributed by atoms with Gasteiger partial charge >= 0.3 is 5.97 Å².